The number of rotatable bonds is 5. The molecule has 0 aliphatic heterocycles. The van der Waals surface area contributed by atoms with Crippen molar-refractivity contribution in [3.8, 4) is 11.8 Å². The third kappa shape index (κ3) is 5.46. The second-order valence-electron chi connectivity index (χ2n) is 7.94. The lowest BCUT2D eigenvalue weighted by Crippen LogP contribution is -2.13. The molecule has 1 aliphatic carbocycles. The fraction of sp³-hybridized carbons (Fsp3) is 0.462. The number of halogens is 1. The molecule has 0 aromatic heterocycles. The van der Waals surface area contributed by atoms with Gasteiger partial charge in [0.1, 0.15) is 5.82 Å². The van der Waals surface area contributed by atoms with Crippen LogP contribution in [0.4, 0.5) is 4.39 Å². The van der Waals surface area contributed by atoms with Crippen LogP contribution in [0.3, 0.4) is 0 Å². The van der Waals surface area contributed by atoms with E-state index >= 15 is 0 Å². The molecule has 1 fully saturated rings. The smallest absolute Gasteiger partial charge is 0.139 e. The van der Waals surface area contributed by atoms with Gasteiger partial charge in [-0.25, -0.2) is 4.39 Å². The zero-order valence-corrected chi connectivity index (χ0v) is 16.7. The molecule has 0 heterocycles. The molecule has 0 saturated heterocycles. The summed E-state index contributed by atoms with van der Waals surface area (Å²) in [6.07, 6.45) is 9.81. The quantitative estimate of drug-likeness (QED) is 0.491. The standard InChI is InChI=1S/C26H31F/c1-3-5-20-7-9-22(10-8-20)13-16-24-17-18-25(19-26(24)27)23-14-11-21(6-4-2)12-15-23/h7-10,17-19,21,23H,3-6,11-12,14-15H2,1-2H3/t21-,23-. The van der Waals surface area contributed by atoms with Crippen molar-refractivity contribution in [2.45, 2.75) is 71.1 Å². The van der Waals surface area contributed by atoms with Crippen LogP contribution in [0.15, 0.2) is 42.5 Å². The molecule has 0 atom stereocenters. The summed E-state index contributed by atoms with van der Waals surface area (Å²) in [7, 11) is 0. The van der Waals surface area contributed by atoms with Gasteiger partial charge in [0, 0.05) is 5.56 Å². The second kappa shape index (κ2) is 9.75. The molecule has 1 aliphatic rings. The minimum atomic E-state index is -0.182. The van der Waals surface area contributed by atoms with E-state index in [1.54, 1.807) is 6.07 Å². The summed E-state index contributed by atoms with van der Waals surface area (Å²) in [5.41, 5.74) is 3.91. The lowest BCUT2D eigenvalue weighted by molar-refractivity contribution is 0.308. The first kappa shape index (κ1) is 19.7. The highest BCUT2D eigenvalue weighted by Gasteiger charge is 2.22. The maximum absolute atomic E-state index is 14.6. The van der Waals surface area contributed by atoms with Crippen LogP contribution in [0.5, 0.6) is 0 Å². The van der Waals surface area contributed by atoms with Gasteiger partial charge in [-0.15, -0.1) is 0 Å². The van der Waals surface area contributed by atoms with Crippen LogP contribution in [-0.4, -0.2) is 0 Å². The third-order valence-electron chi connectivity index (χ3n) is 5.84. The van der Waals surface area contributed by atoms with Gasteiger partial charge in [-0.3, -0.25) is 0 Å². The van der Waals surface area contributed by atoms with E-state index in [1.807, 2.05) is 18.2 Å². The van der Waals surface area contributed by atoms with E-state index < -0.39 is 0 Å². The van der Waals surface area contributed by atoms with Crippen LogP contribution in [0, 0.1) is 23.6 Å². The van der Waals surface area contributed by atoms with Crippen molar-refractivity contribution in [1.82, 2.24) is 0 Å². The van der Waals surface area contributed by atoms with Crippen molar-refractivity contribution in [3.05, 3.63) is 70.5 Å². The van der Waals surface area contributed by atoms with Crippen LogP contribution in [0.25, 0.3) is 0 Å². The van der Waals surface area contributed by atoms with E-state index in [9.17, 15) is 4.39 Å². The van der Waals surface area contributed by atoms with Gasteiger partial charge in [0.05, 0.1) is 5.56 Å². The first-order valence-corrected chi connectivity index (χ1v) is 10.6. The first-order valence-electron chi connectivity index (χ1n) is 10.6. The first-order chi connectivity index (χ1) is 13.2. The van der Waals surface area contributed by atoms with Crippen LogP contribution >= 0.6 is 0 Å². The van der Waals surface area contributed by atoms with Gasteiger partial charge in [0.15, 0.2) is 0 Å². The van der Waals surface area contributed by atoms with Crippen molar-refractivity contribution >= 4 is 0 Å². The molecule has 0 radical (unpaired) electrons. The maximum Gasteiger partial charge on any atom is 0.139 e. The van der Waals surface area contributed by atoms with Gasteiger partial charge in [0.25, 0.3) is 0 Å². The largest absolute Gasteiger partial charge is 0.206 e. The topological polar surface area (TPSA) is 0 Å². The summed E-state index contributed by atoms with van der Waals surface area (Å²) in [6.45, 7) is 4.44. The fourth-order valence-corrected chi connectivity index (χ4v) is 4.26. The highest BCUT2D eigenvalue weighted by Crippen LogP contribution is 2.37. The molecular weight excluding hydrogens is 331 g/mol. The van der Waals surface area contributed by atoms with Crippen LogP contribution in [-0.2, 0) is 6.42 Å². The Hall–Kier alpha value is -2.07. The zero-order chi connectivity index (χ0) is 19.1. The zero-order valence-electron chi connectivity index (χ0n) is 16.7. The molecule has 0 N–H and O–H groups in total. The maximum atomic E-state index is 14.6. The van der Waals surface area contributed by atoms with E-state index in [1.165, 1.54) is 44.1 Å². The lowest BCUT2D eigenvalue weighted by Gasteiger charge is -2.28. The van der Waals surface area contributed by atoms with Gasteiger partial charge < -0.3 is 0 Å². The fourth-order valence-electron chi connectivity index (χ4n) is 4.26. The molecule has 27 heavy (non-hydrogen) atoms. The van der Waals surface area contributed by atoms with Crippen molar-refractivity contribution in [3.63, 3.8) is 0 Å². The average Bonchev–Trinajstić information content (AvgIpc) is 2.69. The molecule has 1 saturated carbocycles. The summed E-state index contributed by atoms with van der Waals surface area (Å²) >= 11 is 0. The minimum Gasteiger partial charge on any atom is -0.206 e. The Morgan fingerprint density at radius 2 is 1.63 bits per heavy atom. The second-order valence-corrected chi connectivity index (χ2v) is 7.94. The van der Waals surface area contributed by atoms with Gasteiger partial charge in [-0.1, -0.05) is 63.1 Å². The van der Waals surface area contributed by atoms with Gasteiger partial charge >= 0.3 is 0 Å². The van der Waals surface area contributed by atoms with E-state index in [0.29, 0.717) is 11.5 Å². The van der Waals surface area contributed by atoms with E-state index in [-0.39, 0.29) is 5.82 Å². The van der Waals surface area contributed by atoms with Gasteiger partial charge in [-0.2, -0.15) is 0 Å². The number of hydrogen-bond acceptors (Lipinski definition) is 0. The SMILES string of the molecule is CCCc1ccc(C#Cc2ccc([C@H]3CC[C@H](CCC)CC3)cc2F)cc1. The van der Waals surface area contributed by atoms with E-state index in [4.69, 9.17) is 0 Å². The number of benzene rings is 2. The van der Waals surface area contributed by atoms with Crippen LogP contribution in [0.2, 0.25) is 0 Å². The minimum absolute atomic E-state index is 0.182. The van der Waals surface area contributed by atoms with Crippen molar-refractivity contribution in [2.24, 2.45) is 5.92 Å². The molecular formula is C26H31F. The molecule has 0 unspecified atom stereocenters. The molecule has 0 amide bonds. The number of aryl methyl sites for hydroxylation is 1. The van der Waals surface area contributed by atoms with Gasteiger partial charge in [0.2, 0.25) is 0 Å². The molecule has 0 bridgehead atoms. The summed E-state index contributed by atoms with van der Waals surface area (Å²) in [6, 6.07) is 13.9. The van der Waals surface area contributed by atoms with Crippen molar-refractivity contribution < 1.29 is 4.39 Å². The Labute approximate surface area is 164 Å². The Morgan fingerprint density at radius 1 is 0.889 bits per heavy atom. The monoisotopic (exact) mass is 362 g/mol. The summed E-state index contributed by atoms with van der Waals surface area (Å²) < 4.78 is 14.6. The molecule has 2 aromatic carbocycles. The molecule has 0 nitrogen and oxygen atoms in total. The van der Waals surface area contributed by atoms with E-state index in [0.717, 1.165) is 29.9 Å². The Morgan fingerprint density at radius 3 is 2.26 bits per heavy atom. The van der Waals surface area contributed by atoms with Gasteiger partial charge in [-0.05, 0) is 79.3 Å². The highest BCUT2D eigenvalue weighted by molar-refractivity contribution is 5.45. The van der Waals surface area contributed by atoms with E-state index in [2.05, 4.69) is 43.9 Å². The Kier molecular flexibility index (Phi) is 7.11. The predicted octanol–water partition coefficient (Wildman–Crippen LogP) is 7.25. The van der Waals surface area contributed by atoms with Crippen molar-refractivity contribution in [2.75, 3.05) is 0 Å². The normalized spacial score (nSPS) is 19.4. The lowest BCUT2D eigenvalue weighted by atomic mass is 9.77. The van der Waals surface area contributed by atoms with Crippen LogP contribution in [0.1, 0.15) is 87.0 Å². The predicted molar refractivity (Wildman–Crippen MR) is 112 cm³/mol. The average molecular weight is 363 g/mol. The molecule has 0 spiro atoms. The summed E-state index contributed by atoms with van der Waals surface area (Å²) in [5.74, 6) is 7.32. The Bertz CT molecular complexity index is 783. The third-order valence-corrected chi connectivity index (χ3v) is 5.84. The molecule has 1 heteroatoms. The van der Waals surface area contributed by atoms with Crippen LogP contribution < -0.4 is 0 Å². The number of hydrogen-bond donors (Lipinski definition) is 0. The summed E-state index contributed by atoms with van der Waals surface area (Å²) in [4.78, 5) is 0. The highest BCUT2D eigenvalue weighted by atomic mass is 19.1. The molecule has 2 aromatic rings. The molecule has 142 valence electrons. The summed E-state index contributed by atoms with van der Waals surface area (Å²) in [5, 5.41) is 0. The molecule has 3 rings (SSSR count). The Balaban J connectivity index is 1.65. The van der Waals surface area contributed by atoms with Crippen molar-refractivity contribution in [1.29, 1.82) is 0 Å².